The molecule has 0 radical (unpaired) electrons. The van der Waals surface area contributed by atoms with Crippen LogP contribution >= 0.6 is 11.6 Å². The summed E-state index contributed by atoms with van der Waals surface area (Å²) >= 11 is 6.08. The summed E-state index contributed by atoms with van der Waals surface area (Å²) in [6.07, 6.45) is 3.18. The molecule has 0 saturated heterocycles. The summed E-state index contributed by atoms with van der Waals surface area (Å²) in [4.78, 5) is 4.17. The summed E-state index contributed by atoms with van der Waals surface area (Å²) in [5.41, 5.74) is 3.36. The molecule has 0 aliphatic rings. The van der Waals surface area contributed by atoms with Gasteiger partial charge in [-0.1, -0.05) is 18.5 Å². The second kappa shape index (κ2) is 6.51. The molecule has 0 unspecified atom stereocenters. The number of hydrogen-bond acceptors (Lipinski definition) is 4. The molecule has 128 valence electrons. The molecule has 0 N–H and O–H groups in total. The molecule has 0 atom stereocenters. The van der Waals surface area contributed by atoms with Crippen molar-refractivity contribution in [1.29, 1.82) is 5.26 Å². The molecule has 2 heterocycles. The maximum Gasteiger partial charge on any atom is 0.154 e. The number of aryl methyl sites for hydroxylation is 1. The summed E-state index contributed by atoms with van der Waals surface area (Å²) in [6, 6.07) is 9.39. The summed E-state index contributed by atoms with van der Waals surface area (Å²) < 4.78 is 25.7. The van der Waals surface area contributed by atoms with E-state index < -0.39 is 9.84 Å². The van der Waals surface area contributed by atoms with E-state index in [1.165, 1.54) is 0 Å². The van der Waals surface area contributed by atoms with Crippen LogP contribution in [0.5, 0.6) is 0 Å². The highest BCUT2D eigenvalue weighted by Gasteiger charge is 2.18. The Morgan fingerprint density at radius 3 is 2.72 bits per heavy atom. The fourth-order valence-corrected chi connectivity index (χ4v) is 3.95. The van der Waals surface area contributed by atoms with Crippen LogP contribution in [-0.2, 0) is 22.6 Å². The zero-order valence-electron chi connectivity index (χ0n) is 13.8. The smallest absolute Gasteiger partial charge is 0.154 e. The summed E-state index contributed by atoms with van der Waals surface area (Å²) in [7, 11) is -1.31. The highest BCUT2D eigenvalue weighted by atomic mass is 35.5. The van der Waals surface area contributed by atoms with E-state index in [2.05, 4.69) is 11.1 Å². The van der Waals surface area contributed by atoms with Crippen LogP contribution < -0.4 is 0 Å². The molecule has 3 rings (SSSR count). The molecule has 2 aromatic heterocycles. The fourth-order valence-electron chi connectivity index (χ4n) is 2.91. The molecule has 25 heavy (non-hydrogen) atoms. The Hall–Kier alpha value is -2.36. The Morgan fingerprint density at radius 2 is 2.04 bits per heavy atom. The number of fused-ring (bicyclic) bond motifs is 1. The van der Waals surface area contributed by atoms with Crippen molar-refractivity contribution in [2.75, 3.05) is 5.75 Å². The average molecular weight is 374 g/mol. The predicted octanol–water partition coefficient (Wildman–Crippen LogP) is 3.70. The maximum absolute atomic E-state index is 11.9. The topological polar surface area (TPSA) is 75.8 Å². The zero-order chi connectivity index (χ0) is 18.2. The second-order valence-corrected chi connectivity index (χ2v) is 8.60. The van der Waals surface area contributed by atoms with Gasteiger partial charge in [-0.05, 0) is 29.8 Å². The zero-order valence-corrected chi connectivity index (χ0v) is 15.4. The molecule has 0 amide bonds. The maximum atomic E-state index is 11.9. The van der Waals surface area contributed by atoms with Crippen molar-refractivity contribution in [3.8, 4) is 17.3 Å². The van der Waals surface area contributed by atoms with Gasteiger partial charge in [0.05, 0.1) is 22.5 Å². The molecule has 0 aliphatic carbocycles. The standard InChI is InChI=1S/C18H16ClN3O2S/c1-3-25(23,24)11-12-6-13(10-21-9-12)18-16(8-20)15-5-4-14(19)7-17(15)22(18)2/h4-7,9-10H,3,11H2,1-2H3. The quantitative estimate of drug-likeness (QED) is 0.698. The van der Waals surface area contributed by atoms with Crippen LogP contribution in [0, 0.1) is 11.3 Å². The van der Waals surface area contributed by atoms with Crippen molar-refractivity contribution in [2.24, 2.45) is 7.05 Å². The van der Waals surface area contributed by atoms with Crippen LogP contribution in [0.3, 0.4) is 0 Å². The minimum atomic E-state index is -3.16. The third-order valence-electron chi connectivity index (χ3n) is 4.17. The summed E-state index contributed by atoms with van der Waals surface area (Å²) in [6.45, 7) is 1.62. The van der Waals surface area contributed by atoms with Gasteiger partial charge in [-0.25, -0.2) is 8.42 Å². The molecular formula is C18H16ClN3O2S. The molecule has 3 aromatic rings. The van der Waals surface area contributed by atoms with Gasteiger partial charge >= 0.3 is 0 Å². The third-order valence-corrected chi connectivity index (χ3v) is 6.06. The van der Waals surface area contributed by atoms with E-state index in [1.807, 2.05) is 17.7 Å². The largest absolute Gasteiger partial charge is 0.342 e. The lowest BCUT2D eigenvalue weighted by atomic mass is 10.1. The second-order valence-electron chi connectivity index (χ2n) is 5.81. The molecule has 0 saturated carbocycles. The minimum Gasteiger partial charge on any atom is -0.342 e. The van der Waals surface area contributed by atoms with Gasteiger partial charge < -0.3 is 4.57 Å². The Morgan fingerprint density at radius 1 is 1.28 bits per heavy atom. The van der Waals surface area contributed by atoms with Gasteiger partial charge in [-0.15, -0.1) is 0 Å². The number of nitrogens with zero attached hydrogens (tertiary/aromatic N) is 3. The number of halogens is 1. The minimum absolute atomic E-state index is 0.0675. The number of benzene rings is 1. The molecule has 1 aromatic carbocycles. The van der Waals surface area contributed by atoms with E-state index in [1.54, 1.807) is 37.5 Å². The van der Waals surface area contributed by atoms with Crippen LogP contribution in [0.2, 0.25) is 5.02 Å². The van der Waals surface area contributed by atoms with Gasteiger partial charge in [-0.3, -0.25) is 4.98 Å². The molecule has 0 fully saturated rings. The highest BCUT2D eigenvalue weighted by molar-refractivity contribution is 7.90. The SMILES string of the molecule is CCS(=O)(=O)Cc1cncc(-c2c(C#N)c3ccc(Cl)cc3n2C)c1. The van der Waals surface area contributed by atoms with E-state index >= 15 is 0 Å². The number of pyridine rings is 1. The number of sulfone groups is 1. The first kappa shape index (κ1) is 17.5. The van der Waals surface area contributed by atoms with Gasteiger partial charge in [-0.2, -0.15) is 5.26 Å². The first-order valence-electron chi connectivity index (χ1n) is 7.69. The van der Waals surface area contributed by atoms with Crippen LogP contribution in [0.15, 0.2) is 36.7 Å². The van der Waals surface area contributed by atoms with Gasteiger partial charge in [0.1, 0.15) is 6.07 Å². The van der Waals surface area contributed by atoms with Gasteiger partial charge in [0.15, 0.2) is 9.84 Å². The Labute approximate surface area is 151 Å². The van der Waals surface area contributed by atoms with Crippen LogP contribution in [0.25, 0.3) is 22.2 Å². The van der Waals surface area contributed by atoms with Crippen molar-refractivity contribution in [3.63, 3.8) is 0 Å². The lowest BCUT2D eigenvalue weighted by molar-refractivity contribution is 0.596. The monoisotopic (exact) mass is 373 g/mol. The normalized spacial score (nSPS) is 11.6. The molecule has 0 spiro atoms. The van der Waals surface area contributed by atoms with Crippen LogP contribution in [-0.4, -0.2) is 23.7 Å². The van der Waals surface area contributed by atoms with Crippen molar-refractivity contribution < 1.29 is 8.42 Å². The van der Waals surface area contributed by atoms with E-state index in [-0.39, 0.29) is 11.5 Å². The first-order chi connectivity index (χ1) is 11.9. The highest BCUT2D eigenvalue weighted by Crippen LogP contribution is 2.34. The van der Waals surface area contributed by atoms with E-state index in [0.29, 0.717) is 27.4 Å². The molecular weight excluding hydrogens is 358 g/mol. The Bertz CT molecular complexity index is 1110. The fraction of sp³-hybridized carbons (Fsp3) is 0.222. The molecule has 7 heteroatoms. The van der Waals surface area contributed by atoms with Gasteiger partial charge in [0, 0.05) is 41.2 Å². The first-order valence-corrected chi connectivity index (χ1v) is 9.89. The van der Waals surface area contributed by atoms with Crippen molar-refractivity contribution in [1.82, 2.24) is 9.55 Å². The number of rotatable bonds is 4. The molecule has 0 aliphatic heterocycles. The molecule has 5 nitrogen and oxygen atoms in total. The van der Waals surface area contributed by atoms with Crippen molar-refractivity contribution in [2.45, 2.75) is 12.7 Å². The van der Waals surface area contributed by atoms with Crippen molar-refractivity contribution in [3.05, 3.63) is 52.8 Å². The van der Waals surface area contributed by atoms with Crippen molar-refractivity contribution >= 4 is 32.3 Å². The number of aromatic nitrogens is 2. The lowest BCUT2D eigenvalue weighted by Gasteiger charge is -2.07. The number of nitriles is 1. The van der Waals surface area contributed by atoms with E-state index in [0.717, 1.165) is 10.9 Å². The Balaban J connectivity index is 2.21. The van der Waals surface area contributed by atoms with Gasteiger partial charge in [0.25, 0.3) is 0 Å². The number of hydrogen-bond donors (Lipinski definition) is 0. The van der Waals surface area contributed by atoms with E-state index in [4.69, 9.17) is 11.6 Å². The predicted molar refractivity (Wildman–Crippen MR) is 99.0 cm³/mol. The van der Waals surface area contributed by atoms with Gasteiger partial charge in [0.2, 0.25) is 0 Å². The summed E-state index contributed by atoms with van der Waals surface area (Å²) in [5.74, 6) is 0.00914. The summed E-state index contributed by atoms with van der Waals surface area (Å²) in [5, 5.41) is 11.0. The Kier molecular flexibility index (Phi) is 4.55. The van der Waals surface area contributed by atoms with Crippen LogP contribution in [0.4, 0.5) is 0 Å². The third kappa shape index (κ3) is 3.26. The van der Waals surface area contributed by atoms with Crippen LogP contribution in [0.1, 0.15) is 18.1 Å². The lowest BCUT2D eigenvalue weighted by Crippen LogP contribution is -2.07. The van der Waals surface area contributed by atoms with E-state index in [9.17, 15) is 13.7 Å². The average Bonchev–Trinajstić information content (AvgIpc) is 2.86. The molecule has 0 bridgehead atoms.